The van der Waals surface area contributed by atoms with Gasteiger partial charge >= 0.3 is 0 Å². The largest absolute Gasteiger partial charge is 0.353 e. The molecule has 0 bridgehead atoms. The number of rotatable bonds is 4. The number of hydrogen-bond acceptors (Lipinski definition) is 4. The molecule has 1 aromatic heterocycles. The monoisotopic (exact) mass is 288 g/mol. The van der Waals surface area contributed by atoms with Crippen LogP contribution in [0.5, 0.6) is 0 Å². The summed E-state index contributed by atoms with van der Waals surface area (Å²) in [7, 11) is 0. The molecule has 1 atom stereocenters. The van der Waals surface area contributed by atoms with Crippen LogP contribution in [0, 0.1) is 12.8 Å². The third kappa shape index (κ3) is 3.56. The Morgan fingerprint density at radius 1 is 1.29 bits per heavy atom. The van der Waals surface area contributed by atoms with Crippen molar-refractivity contribution in [3.63, 3.8) is 0 Å². The summed E-state index contributed by atoms with van der Waals surface area (Å²) < 4.78 is 0. The van der Waals surface area contributed by atoms with E-state index in [0.29, 0.717) is 31.2 Å². The summed E-state index contributed by atoms with van der Waals surface area (Å²) in [4.78, 5) is 34.1. The molecule has 112 valence electrons. The topological polar surface area (TPSA) is 75.2 Å². The Morgan fingerprint density at radius 2 is 2.10 bits per heavy atom. The number of aryl methyl sites for hydroxylation is 1. The van der Waals surface area contributed by atoms with Gasteiger partial charge in [0.05, 0.1) is 11.9 Å². The van der Waals surface area contributed by atoms with Crippen molar-refractivity contribution in [1.82, 2.24) is 20.2 Å². The van der Waals surface area contributed by atoms with Crippen molar-refractivity contribution in [1.29, 1.82) is 0 Å². The normalized spacial score (nSPS) is 21.4. The minimum absolute atomic E-state index is 0.0902. The van der Waals surface area contributed by atoms with Crippen LogP contribution in [0.15, 0.2) is 12.4 Å². The first-order valence-corrected chi connectivity index (χ1v) is 7.49. The van der Waals surface area contributed by atoms with Gasteiger partial charge in [0.25, 0.3) is 5.91 Å². The first-order valence-electron chi connectivity index (χ1n) is 7.49. The minimum Gasteiger partial charge on any atom is -0.353 e. The van der Waals surface area contributed by atoms with Crippen LogP contribution in [0.1, 0.15) is 41.9 Å². The predicted octanol–water partition coefficient (Wildman–Crippen LogP) is 0.916. The summed E-state index contributed by atoms with van der Waals surface area (Å²) in [5.41, 5.74) is 1.17. The SMILES string of the molecule is Cc1cnc(C(=O)N2CCC(CC(=O)NC3CC3)C2)cn1. The van der Waals surface area contributed by atoms with E-state index in [4.69, 9.17) is 0 Å². The van der Waals surface area contributed by atoms with Gasteiger partial charge < -0.3 is 10.2 Å². The van der Waals surface area contributed by atoms with Gasteiger partial charge in [-0.05, 0) is 32.1 Å². The van der Waals surface area contributed by atoms with Gasteiger partial charge in [-0.1, -0.05) is 0 Å². The van der Waals surface area contributed by atoms with E-state index in [0.717, 1.165) is 25.0 Å². The molecule has 0 aromatic carbocycles. The number of amides is 2. The van der Waals surface area contributed by atoms with Crippen LogP contribution in [0.4, 0.5) is 0 Å². The average Bonchev–Trinajstić information content (AvgIpc) is 3.15. The lowest BCUT2D eigenvalue weighted by atomic mass is 10.0. The Bertz CT molecular complexity index is 539. The third-order valence-electron chi connectivity index (χ3n) is 3.99. The lowest BCUT2D eigenvalue weighted by Crippen LogP contribution is -2.31. The van der Waals surface area contributed by atoms with Crippen molar-refractivity contribution in [3.8, 4) is 0 Å². The van der Waals surface area contributed by atoms with Gasteiger partial charge in [-0.2, -0.15) is 0 Å². The third-order valence-corrected chi connectivity index (χ3v) is 3.99. The van der Waals surface area contributed by atoms with E-state index in [1.54, 1.807) is 11.1 Å². The molecule has 2 aliphatic rings. The number of carbonyl (C=O) groups excluding carboxylic acids is 2. The molecular formula is C15H20N4O2. The Morgan fingerprint density at radius 3 is 2.76 bits per heavy atom. The lowest BCUT2D eigenvalue weighted by molar-refractivity contribution is -0.122. The van der Waals surface area contributed by atoms with Gasteiger partial charge in [-0.3, -0.25) is 14.6 Å². The van der Waals surface area contributed by atoms with E-state index in [1.165, 1.54) is 6.20 Å². The standard InChI is InChI=1S/C15H20N4O2/c1-10-7-17-13(8-16-10)15(21)19-5-4-11(9-19)6-14(20)18-12-2-3-12/h7-8,11-12H,2-6,9H2,1H3,(H,18,20). The zero-order valence-electron chi connectivity index (χ0n) is 12.2. The molecule has 2 heterocycles. The summed E-state index contributed by atoms with van der Waals surface area (Å²) in [5.74, 6) is 0.283. The van der Waals surface area contributed by atoms with Crippen LogP contribution in [-0.4, -0.2) is 45.8 Å². The number of nitrogens with one attached hydrogen (secondary N) is 1. The maximum Gasteiger partial charge on any atom is 0.274 e. The number of aromatic nitrogens is 2. The molecule has 1 N–H and O–H groups in total. The van der Waals surface area contributed by atoms with Crippen LogP contribution in [0.3, 0.4) is 0 Å². The predicted molar refractivity (Wildman–Crippen MR) is 76.6 cm³/mol. The van der Waals surface area contributed by atoms with Crippen LogP contribution >= 0.6 is 0 Å². The van der Waals surface area contributed by atoms with Crippen LogP contribution < -0.4 is 5.32 Å². The quantitative estimate of drug-likeness (QED) is 0.894. The molecule has 1 unspecified atom stereocenters. The van der Waals surface area contributed by atoms with Crippen molar-refractivity contribution >= 4 is 11.8 Å². The molecule has 6 nitrogen and oxygen atoms in total. The maximum absolute atomic E-state index is 12.3. The average molecular weight is 288 g/mol. The Hall–Kier alpha value is -1.98. The fraction of sp³-hybridized carbons (Fsp3) is 0.600. The highest BCUT2D eigenvalue weighted by molar-refractivity contribution is 5.92. The van der Waals surface area contributed by atoms with Crippen LogP contribution in [-0.2, 0) is 4.79 Å². The number of carbonyl (C=O) groups is 2. The zero-order chi connectivity index (χ0) is 14.8. The molecular weight excluding hydrogens is 268 g/mol. The van der Waals surface area contributed by atoms with Crippen molar-refractivity contribution in [3.05, 3.63) is 23.8 Å². The second-order valence-corrected chi connectivity index (χ2v) is 5.99. The summed E-state index contributed by atoms with van der Waals surface area (Å²) in [6, 6.07) is 0.402. The van der Waals surface area contributed by atoms with Crippen LogP contribution in [0.2, 0.25) is 0 Å². The fourth-order valence-electron chi connectivity index (χ4n) is 2.63. The molecule has 1 saturated heterocycles. The van der Waals surface area contributed by atoms with Gasteiger partial charge in [-0.15, -0.1) is 0 Å². The molecule has 3 rings (SSSR count). The number of hydrogen-bond donors (Lipinski definition) is 1. The molecule has 0 radical (unpaired) electrons. The Kier molecular flexibility index (Phi) is 3.86. The second-order valence-electron chi connectivity index (χ2n) is 5.99. The van der Waals surface area contributed by atoms with Gasteiger partial charge in [0.15, 0.2) is 0 Å². The van der Waals surface area contributed by atoms with E-state index in [1.807, 2.05) is 6.92 Å². The summed E-state index contributed by atoms with van der Waals surface area (Å²) in [6.07, 6.45) is 6.72. The van der Waals surface area contributed by atoms with E-state index < -0.39 is 0 Å². The van der Waals surface area contributed by atoms with Crippen molar-refractivity contribution in [2.45, 2.75) is 38.6 Å². The van der Waals surface area contributed by atoms with E-state index >= 15 is 0 Å². The van der Waals surface area contributed by atoms with Gasteiger partial charge in [0.2, 0.25) is 5.91 Å². The van der Waals surface area contributed by atoms with Gasteiger partial charge in [-0.25, -0.2) is 4.98 Å². The number of nitrogens with zero attached hydrogens (tertiary/aromatic N) is 3. The smallest absolute Gasteiger partial charge is 0.274 e. The lowest BCUT2D eigenvalue weighted by Gasteiger charge is -2.15. The summed E-state index contributed by atoms with van der Waals surface area (Å²) >= 11 is 0. The fourth-order valence-corrected chi connectivity index (χ4v) is 2.63. The molecule has 1 aromatic rings. The van der Waals surface area contributed by atoms with Crippen molar-refractivity contribution < 1.29 is 9.59 Å². The molecule has 1 saturated carbocycles. The Labute approximate surface area is 124 Å². The minimum atomic E-state index is -0.0902. The van der Waals surface area contributed by atoms with E-state index in [-0.39, 0.29) is 17.7 Å². The molecule has 1 aliphatic heterocycles. The van der Waals surface area contributed by atoms with Crippen molar-refractivity contribution in [2.75, 3.05) is 13.1 Å². The molecule has 2 amide bonds. The first-order chi connectivity index (χ1) is 10.1. The number of likely N-dealkylation sites (tertiary alicyclic amines) is 1. The molecule has 0 spiro atoms. The highest BCUT2D eigenvalue weighted by Crippen LogP contribution is 2.23. The van der Waals surface area contributed by atoms with E-state index in [2.05, 4.69) is 15.3 Å². The highest BCUT2D eigenvalue weighted by Gasteiger charge is 2.30. The first kappa shape index (κ1) is 14.0. The summed E-state index contributed by atoms with van der Waals surface area (Å²) in [5, 5.41) is 3.00. The highest BCUT2D eigenvalue weighted by atomic mass is 16.2. The second kappa shape index (κ2) is 5.79. The molecule has 6 heteroatoms. The van der Waals surface area contributed by atoms with Gasteiger partial charge in [0.1, 0.15) is 5.69 Å². The van der Waals surface area contributed by atoms with E-state index in [9.17, 15) is 9.59 Å². The van der Waals surface area contributed by atoms with Crippen molar-refractivity contribution in [2.24, 2.45) is 5.92 Å². The molecule has 1 aliphatic carbocycles. The van der Waals surface area contributed by atoms with Crippen LogP contribution in [0.25, 0.3) is 0 Å². The zero-order valence-corrected chi connectivity index (χ0v) is 12.2. The maximum atomic E-state index is 12.3. The Balaban J connectivity index is 1.52. The summed E-state index contributed by atoms with van der Waals surface area (Å²) in [6.45, 7) is 3.16. The molecule has 2 fully saturated rings. The molecule has 21 heavy (non-hydrogen) atoms. The van der Waals surface area contributed by atoms with Gasteiger partial charge in [0, 0.05) is 31.7 Å².